The molecule has 3 aromatic rings. The number of hydrogen-bond acceptors (Lipinski definition) is 3. The van der Waals surface area contributed by atoms with Crippen molar-refractivity contribution in [2.45, 2.75) is 31.6 Å². The third-order valence-electron chi connectivity index (χ3n) is 5.59. The topological polar surface area (TPSA) is 33.4 Å². The first-order valence-electron chi connectivity index (χ1n) is 9.59. The molecule has 0 spiro atoms. The van der Waals surface area contributed by atoms with Gasteiger partial charge in [-0.05, 0) is 68.0 Å². The predicted molar refractivity (Wildman–Crippen MR) is 99.5 cm³/mol. The van der Waals surface area contributed by atoms with Gasteiger partial charge in [0.25, 0.3) is 0 Å². The lowest BCUT2D eigenvalue weighted by atomic mass is 9.97. The molecule has 0 unspecified atom stereocenters. The Kier molecular flexibility index (Phi) is 3.97. The molecule has 0 bridgehead atoms. The molecule has 0 radical (unpaired) electrons. The van der Waals surface area contributed by atoms with Crippen LogP contribution in [0.25, 0.3) is 16.8 Å². The first-order valence-corrected chi connectivity index (χ1v) is 9.59. The second kappa shape index (κ2) is 6.47. The summed E-state index contributed by atoms with van der Waals surface area (Å²) in [4.78, 5) is 7.36. The van der Waals surface area contributed by atoms with Gasteiger partial charge in [0, 0.05) is 30.8 Å². The number of halogens is 1. The summed E-state index contributed by atoms with van der Waals surface area (Å²) in [5.74, 6) is 2.07. The molecule has 2 aliphatic rings. The van der Waals surface area contributed by atoms with E-state index in [0.717, 1.165) is 41.5 Å². The van der Waals surface area contributed by atoms with Gasteiger partial charge < -0.3 is 4.90 Å². The van der Waals surface area contributed by atoms with E-state index in [0.29, 0.717) is 5.92 Å². The van der Waals surface area contributed by atoms with Crippen molar-refractivity contribution in [3.63, 3.8) is 0 Å². The van der Waals surface area contributed by atoms with Gasteiger partial charge in [-0.1, -0.05) is 12.1 Å². The number of hydrogen-bond donors (Lipinski definition) is 0. The van der Waals surface area contributed by atoms with Gasteiger partial charge in [-0.25, -0.2) is 13.9 Å². The van der Waals surface area contributed by atoms with Crippen molar-refractivity contribution in [3.05, 3.63) is 54.2 Å². The Balaban J connectivity index is 1.40. The van der Waals surface area contributed by atoms with Crippen LogP contribution >= 0.6 is 0 Å². The molecule has 1 atom stereocenters. The van der Waals surface area contributed by atoms with Crippen LogP contribution in [0.4, 0.5) is 4.39 Å². The van der Waals surface area contributed by atoms with E-state index in [1.807, 2.05) is 28.9 Å². The third-order valence-corrected chi connectivity index (χ3v) is 5.59. The third kappa shape index (κ3) is 3.23. The lowest BCUT2D eigenvalue weighted by molar-refractivity contribution is 0.197. The van der Waals surface area contributed by atoms with Crippen LogP contribution in [0, 0.1) is 11.7 Å². The first-order chi connectivity index (χ1) is 12.7. The Hall–Kier alpha value is -2.27. The second-order valence-corrected chi connectivity index (χ2v) is 7.74. The zero-order valence-corrected chi connectivity index (χ0v) is 14.8. The SMILES string of the molecule is Fc1cccc(-c2ccc3nc([C@H]4CCCN(CC5CC5)C4)nn3c2)c1. The van der Waals surface area contributed by atoms with Crippen LogP contribution in [0.3, 0.4) is 0 Å². The fraction of sp³-hybridized carbons (Fsp3) is 0.429. The van der Waals surface area contributed by atoms with Gasteiger partial charge in [0.2, 0.25) is 0 Å². The zero-order chi connectivity index (χ0) is 17.5. The molecule has 2 aromatic heterocycles. The maximum absolute atomic E-state index is 13.5. The van der Waals surface area contributed by atoms with Crippen LogP contribution in [-0.2, 0) is 0 Å². The Morgan fingerprint density at radius 3 is 2.85 bits per heavy atom. The first kappa shape index (κ1) is 15.9. The summed E-state index contributed by atoms with van der Waals surface area (Å²) < 4.78 is 15.3. The highest BCUT2D eigenvalue weighted by atomic mass is 19.1. The minimum Gasteiger partial charge on any atom is -0.302 e. The van der Waals surface area contributed by atoms with E-state index >= 15 is 0 Å². The number of piperidine rings is 1. The molecule has 1 saturated carbocycles. The molecule has 5 rings (SSSR count). The van der Waals surface area contributed by atoms with Crippen LogP contribution in [0.5, 0.6) is 0 Å². The van der Waals surface area contributed by atoms with Gasteiger partial charge in [0.05, 0.1) is 0 Å². The van der Waals surface area contributed by atoms with Gasteiger partial charge in [0.1, 0.15) is 5.82 Å². The van der Waals surface area contributed by atoms with E-state index in [9.17, 15) is 4.39 Å². The zero-order valence-electron chi connectivity index (χ0n) is 14.8. The van der Waals surface area contributed by atoms with E-state index in [2.05, 4.69) is 4.90 Å². The predicted octanol–water partition coefficient (Wildman–Crippen LogP) is 4.12. The summed E-state index contributed by atoms with van der Waals surface area (Å²) in [6, 6.07) is 10.6. The van der Waals surface area contributed by atoms with Crippen LogP contribution in [0.1, 0.15) is 37.4 Å². The van der Waals surface area contributed by atoms with Gasteiger partial charge in [-0.2, -0.15) is 5.10 Å². The van der Waals surface area contributed by atoms with Crippen molar-refractivity contribution in [2.24, 2.45) is 5.92 Å². The van der Waals surface area contributed by atoms with E-state index in [1.165, 1.54) is 38.4 Å². The van der Waals surface area contributed by atoms with E-state index in [4.69, 9.17) is 10.1 Å². The number of nitrogens with zero attached hydrogens (tertiary/aromatic N) is 4. The van der Waals surface area contributed by atoms with E-state index < -0.39 is 0 Å². The highest BCUT2D eigenvalue weighted by molar-refractivity contribution is 5.64. The number of fused-ring (bicyclic) bond motifs is 1. The maximum atomic E-state index is 13.5. The number of pyridine rings is 1. The number of benzene rings is 1. The van der Waals surface area contributed by atoms with Gasteiger partial charge in [-0.3, -0.25) is 0 Å². The van der Waals surface area contributed by atoms with Gasteiger partial charge in [0.15, 0.2) is 11.5 Å². The smallest absolute Gasteiger partial charge is 0.156 e. The molecule has 134 valence electrons. The van der Waals surface area contributed by atoms with Crippen molar-refractivity contribution in [1.29, 1.82) is 0 Å². The van der Waals surface area contributed by atoms with E-state index in [-0.39, 0.29) is 5.82 Å². The van der Waals surface area contributed by atoms with Crippen LogP contribution in [0.2, 0.25) is 0 Å². The largest absolute Gasteiger partial charge is 0.302 e. The summed E-state index contributed by atoms with van der Waals surface area (Å²) in [7, 11) is 0. The molecule has 1 saturated heterocycles. The molecule has 2 fully saturated rings. The molecular weight excluding hydrogens is 327 g/mol. The molecule has 5 heteroatoms. The van der Waals surface area contributed by atoms with Gasteiger partial charge >= 0.3 is 0 Å². The number of rotatable bonds is 4. The minimum atomic E-state index is -0.222. The Morgan fingerprint density at radius 2 is 2.00 bits per heavy atom. The van der Waals surface area contributed by atoms with Crippen LogP contribution < -0.4 is 0 Å². The fourth-order valence-corrected chi connectivity index (χ4v) is 4.01. The lowest BCUT2D eigenvalue weighted by Gasteiger charge is -2.31. The minimum absolute atomic E-state index is 0.222. The average molecular weight is 350 g/mol. The highest BCUT2D eigenvalue weighted by Gasteiger charge is 2.29. The van der Waals surface area contributed by atoms with Crippen LogP contribution in [-0.4, -0.2) is 39.1 Å². The van der Waals surface area contributed by atoms with E-state index in [1.54, 1.807) is 12.1 Å². The molecule has 4 nitrogen and oxygen atoms in total. The Morgan fingerprint density at radius 1 is 1.08 bits per heavy atom. The normalized spacial score (nSPS) is 21.3. The van der Waals surface area contributed by atoms with Crippen molar-refractivity contribution < 1.29 is 4.39 Å². The quantitative estimate of drug-likeness (QED) is 0.709. The molecular formula is C21H23FN4. The van der Waals surface area contributed by atoms with Crippen molar-refractivity contribution in [2.75, 3.05) is 19.6 Å². The average Bonchev–Trinajstić information content (AvgIpc) is 3.36. The molecule has 26 heavy (non-hydrogen) atoms. The number of likely N-dealkylation sites (tertiary alicyclic amines) is 1. The maximum Gasteiger partial charge on any atom is 0.156 e. The summed E-state index contributed by atoms with van der Waals surface area (Å²) in [5.41, 5.74) is 2.67. The highest BCUT2D eigenvalue weighted by Crippen LogP contribution is 2.33. The fourth-order valence-electron chi connectivity index (χ4n) is 4.01. The van der Waals surface area contributed by atoms with Crippen LogP contribution in [0.15, 0.2) is 42.6 Å². The summed E-state index contributed by atoms with van der Waals surface area (Å²) in [6.07, 6.45) is 7.13. The lowest BCUT2D eigenvalue weighted by Crippen LogP contribution is -2.36. The summed E-state index contributed by atoms with van der Waals surface area (Å²) in [6.45, 7) is 3.53. The summed E-state index contributed by atoms with van der Waals surface area (Å²) >= 11 is 0. The Bertz CT molecular complexity index is 931. The standard InChI is InChI=1S/C21H23FN4/c22-19-5-1-3-16(11-19)17-8-9-20-23-21(24-26(20)14-17)18-4-2-10-25(13-18)12-15-6-7-15/h1,3,5,8-9,11,14-15,18H,2,4,6-7,10,12-13H2/t18-/m0/s1. The molecule has 1 aliphatic carbocycles. The molecule has 0 amide bonds. The monoisotopic (exact) mass is 350 g/mol. The molecule has 1 aliphatic heterocycles. The van der Waals surface area contributed by atoms with Crippen molar-refractivity contribution in [3.8, 4) is 11.1 Å². The van der Waals surface area contributed by atoms with Crippen molar-refractivity contribution >= 4 is 5.65 Å². The summed E-state index contributed by atoms with van der Waals surface area (Å²) in [5, 5.41) is 4.76. The molecule has 3 heterocycles. The molecule has 0 N–H and O–H groups in total. The number of aromatic nitrogens is 3. The molecule has 1 aromatic carbocycles. The Labute approximate surface area is 152 Å². The second-order valence-electron chi connectivity index (χ2n) is 7.74. The van der Waals surface area contributed by atoms with Gasteiger partial charge in [-0.15, -0.1) is 0 Å². The van der Waals surface area contributed by atoms with Crippen molar-refractivity contribution in [1.82, 2.24) is 19.5 Å².